The van der Waals surface area contributed by atoms with Crippen molar-refractivity contribution in [1.82, 2.24) is 19.7 Å². The van der Waals surface area contributed by atoms with Crippen molar-refractivity contribution in [3.05, 3.63) is 60.4 Å². The number of hydrogen-bond acceptors (Lipinski definition) is 4. The summed E-state index contributed by atoms with van der Waals surface area (Å²) in [5.74, 6) is -0.419. The number of aromatic nitrogens is 4. The molecule has 110 valence electrons. The molecule has 3 aromatic rings. The molecule has 7 heteroatoms. The van der Waals surface area contributed by atoms with Crippen molar-refractivity contribution in [1.29, 1.82) is 0 Å². The van der Waals surface area contributed by atoms with Crippen LogP contribution in [0.3, 0.4) is 0 Å². The summed E-state index contributed by atoms with van der Waals surface area (Å²) in [6, 6.07) is 10.3. The Kier molecular flexibility index (Phi) is 3.53. The number of H-pyrrole nitrogens is 1. The van der Waals surface area contributed by atoms with Crippen LogP contribution < -0.4 is 5.32 Å². The zero-order chi connectivity index (χ0) is 15.5. The lowest BCUT2D eigenvalue weighted by molar-refractivity contribution is 0.101. The van der Waals surface area contributed by atoms with Crippen LogP contribution in [0.2, 0.25) is 0 Å². The smallest absolute Gasteiger partial charge is 0.272 e. The second-order valence-electron chi connectivity index (χ2n) is 4.68. The predicted octanol–water partition coefficient (Wildman–Crippen LogP) is 2.05. The van der Waals surface area contributed by atoms with Gasteiger partial charge in [0.1, 0.15) is 18.3 Å². The van der Waals surface area contributed by atoms with Crippen molar-refractivity contribution < 1.29 is 9.59 Å². The normalized spacial score (nSPS) is 10.4. The van der Waals surface area contributed by atoms with Gasteiger partial charge in [0.15, 0.2) is 5.78 Å². The molecule has 0 aliphatic heterocycles. The first-order valence-corrected chi connectivity index (χ1v) is 6.60. The van der Waals surface area contributed by atoms with E-state index >= 15 is 0 Å². The maximum Gasteiger partial charge on any atom is 0.272 e. The summed E-state index contributed by atoms with van der Waals surface area (Å²) in [6.07, 6.45) is 3.04. The van der Waals surface area contributed by atoms with E-state index in [1.807, 2.05) is 12.1 Å². The fraction of sp³-hybridized carbons (Fsp3) is 0.0667. The standard InChI is InChI=1S/C15H13N5O2/c1-10(21)13-6-7-14(19-13)15(22)18-11-2-4-12(5-3-11)20-9-16-8-17-20/h2-9,19H,1H3,(H,18,22). The van der Waals surface area contributed by atoms with E-state index in [9.17, 15) is 9.59 Å². The number of anilines is 1. The van der Waals surface area contributed by atoms with Gasteiger partial charge in [-0.2, -0.15) is 5.10 Å². The zero-order valence-electron chi connectivity index (χ0n) is 11.8. The molecule has 0 aliphatic carbocycles. The number of hydrogen-bond donors (Lipinski definition) is 2. The third-order valence-corrected chi connectivity index (χ3v) is 3.12. The molecule has 0 fully saturated rings. The summed E-state index contributed by atoms with van der Waals surface area (Å²) in [4.78, 5) is 30.0. The molecule has 1 aromatic carbocycles. The van der Waals surface area contributed by atoms with Crippen molar-refractivity contribution >= 4 is 17.4 Å². The van der Waals surface area contributed by atoms with Gasteiger partial charge in [0.25, 0.3) is 5.91 Å². The van der Waals surface area contributed by atoms with Gasteiger partial charge >= 0.3 is 0 Å². The summed E-state index contributed by atoms with van der Waals surface area (Å²) >= 11 is 0. The van der Waals surface area contributed by atoms with E-state index in [1.54, 1.807) is 35.3 Å². The maximum absolute atomic E-state index is 12.1. The van der Waals surface area contributed by atoms with Crippen molar-refractivity contribution in [2.75, 3.05) is 5.32 Å². The summed E-state index contributed by atoms with van der Waals surface area (Å²) in [5, 5.41) is 6.78. The first kappa shape index (κ1) is 13.7. The second kappa shape index (κ2) is 5.65. The highest BCUT2D eigenvalue weighted by molar-refractivity contribution is 6.04. The van der Waals surface area contributed by atoms with E-state index in [0.29, 0.717) is 17.1 Å². The van der Waals surface area contributed by atoms with Gasteiger partial charge < -0.3 is 10.3 Å². The third kappa shape index (κ3) is 2.78. The van der Waals surface area contributed by atoms with Crippen LogP contribution in [0.25, 0.3) is 5.69 Å². The average Bonchev–Trinajstić information content (AvgIpc) is 3.20. The second-order valence-corrected chi connectivity index (χ2v) is 4.68. The van der Waals surface area contributed by atoms with Gasteiger partial charge in [0.05, 0.1) is 11.4 Å². The number of aromatic amines is 1. The number of ketones is 1. The number of amides is 1. The van der Waals surface area contributed by atoms with Crippen LogP contribution >= 0.6 is 0 Å². The van der Waals surface area contributed by atoms with Crippen molar-refractivity contribution in [3.8, 4) is 5.69 Å². The summed E-state index contributed by atoms with van der Waals surface area (Å²) in [7, 11) is 0. The van der Waals surface area contributed by atoms with Gasteiger partial charge in [-0.15, -0.1) is 0 Å². The van der Waals surface area contributed by atoms with Crippen LogP contribution in [-0.2, 0) is 0 Å². The van der Waals surface area contributed by atoms with Crippen LogP contribution in [0.5, 0.6) is 0 Å². The van der Waals surface area contributed by atoms with Crippen molar-refractivity contribution in [3.63, 3.8) is 0 Å². The number of nitrogens with zero attached hydrogens (tertiary/aromatic N) is 3. The molecule has 0 saturated carbocycles. The highest BCUT2D eigenvalue weighted by atomic mass is 16.2. The Morgan fingerprint density at radius 1 is 1.09 bits per heavy atom. The van der Waals surface area contributed by atoms with E-state index in [2.05, 4.69) is 20.4 Å². The number of rotatable bonds is 4. The molecule has 1 amide bonds. The highest BCUT2D eigenvalue weighted by Gasteiger charge is 2.10. The minimum Gasteiger partial charge on any atom is -0.348 e. The Morgan fingerprint density at radius 2 is 1.82 bits per heavy atom. The SMILES string of the molecule is CC(=O)c1ccc(C(=O)Nc2ccc(-n3cncn3)cc2)[nH]1. The molecule has 0 bridgehead atoms. The van der Waals surface area contributed by atoms with Gasteiger partial charge in [-0.3, -0.25) is 9.59 Å². The monoisotopic (exact) mass is 295 g/mol. The van der Waals surface area contributed by atoms with Crippen LogP contribution in [-0.4, -0.2) is 31.4 Å². The number of Topliss-reactive ketones (excluding diaryl/α,β-unsaturated/α-hetero) is 1. The summed E-state index contributed by atoms with van der Waals surface area (Å²) in [5.41, 5.74) is 2.24. The first-order valence-electron chi connectivity index (χ1n) is 6.60. The van der Waals surface area contributed by atoms with E-state index in [4.69, 9.17) is 0 Å². The Labute approximate surface area is 126 Å². The predicted molar refractivity (Wildman–Crippen MR) is 80.1 cm³/mol. The van der Waals surface area contributed by atoms with E-state index in [0.717, 1.165) is 5.69 Å². The number of carbonyl (C=O) groups excluding carboxylic acids is 2. The fourth-order valence-electron chi connectivity index (χ4n) is 1.97. The Bertz CT molecular complexity index is 803. The Balaban J connectivity index is 1.72. The van der Waals surface area contributed by atoms with Gasteiger partial charge in [-0.05, 0) is 36.4 Å². The largest absolute Gasteiger partial charge is 0.348 e. The number of nitrogens with one attached hydrogen (secondary N) is 2. The molecule has 0 unspecified atom stereocenters. The Morgan fingerprint density at radius 3 is 2.41 bits per heavy atom. The molecule has 0 saturated heterocycles. The molecule has 0 spiro atoms. The molecule has 7 nitrogen and oxygen atoms in total. The molecule has 0 aliphatic rings. The zero-order valence-corrected chi connectivity index (χ0v) is 11.8. The van der Waals surface area contributed by atoms with Gasteiger partial charge in [0, 0.05) is 12.6 Å². The van der Waals surface area contributed by atoms with Gasteiger partial charge in [-0.1, -0.05) is 0 Å². The lowest BCUT2D eigenvalue weighted by Crippen LogP contribution is -2.12. The van der Waals surface area contributed by atoms with Gasteiger partial charge in [-0.25, -0.2) is 9.67 Å². The first-order chi connectivity index (χ1) is 10.6. The van der Waals surface area contributed by atoms with Gasteiger partial charge in [0.2, 0.25) is 0 Å². The average molecular weight is 295 g/mol. The molecule has 0 radical (unpaired) electrons. The lowest BCUT2D eigenvalue weighted by Gasteiger charge is -2.05. The van der Waals surface area contributed by atoms with E-state index < -0.39 is 0 Å². The summed E-state index contributed by atoms with van der Waals surface area (Å²) in [6.45, 7) is 1.44. The summed E-state index contributed by atoms with van der Waals surface area (Å²) < 4.78 is 1.62. The van der Waals surface area contributed by atoms with Crippen LogP contribution in [0.1, 0.15) is 27.9 Å². The minimum atomic E-state index is -0.305. The third-order valence-electron chi connectivity index (χ3n) is 3.12. The maximum atomic E-state index is 12.1. The number of benzene rings is 1. The molecule has 0 atom stereocenters. The molecular formula is C15H13N5O2. The lowest BCUT2D eigenvalue weighted by atomic mass is 10.2. The molecule has 2 heterocycles. The van der Waals surface area contributed by atoms with Crippen molar-refractivity contribution in [2.24, 2.45) is 0 Å². The molecule has 3 rings (SSSR count). The number of carbonyl (C=O) groups is 2. The van der Waals surface area contributed by atoms with E-state index in [1.165, 1.54) is 13.3 Å². The molecule has 22 heavy (non-hydrogen) atoms. The Hall–Kier alpha value is -3.22. The highest BCUT2D eigenvalue weighted by Crippen LogP contribution is 2.13. The topological polar surface area (TPSA) is 92.7 Å². The minimum absolute atomic E-state index is 0.115. The molecular weight excluding hydrogens is 282 g/mol. The molecule has 2 aromatic heterocycles. The quantitative estimate of drug-likeness (QED) is 0.720. The van der Waals surface area contributed by atoms with Crippen LogP contribution in [0, 0.1) is 0 Å². The van der Waals surface area contributed by atoms with Crippen molar-refractivity contribution in [2.45, 2.75) is 6.92 Å². The van der Waals surface area contributed by atoms with Crippen LogP contribution in [0.4, 0.5) is 5.69 Å². The van der Waals surface area contributed by atoms with Crippen LogP contribution in [0.15, 0.2) is 49.1 Å². The molecule has 2 N–H and O–H groups in total. The fourth-order valence-corrected chi connectivity index (χ4v) is 1.97. The van der Waals surface area contributed by atoms with E-state index in [-0.39, 0.29) is 11.7 Å².